The molecule has 1 fully saturated rings. The van der Waals surface area contributed by atoms with E-state index < -0.39 is 10.0 Å². The van der Waals surface area contributed by atoms with Gasteiger partial charge in [-0.05, 0) is 37.0 Å². The molecule has 5 heteroatoms. The van der Waals surface area contributed by atoms with Gasteiger partial charge in [-0.3, -0.25) is 0 Å². The minimum Gasteiger partial charge on any atom is -0.329 e. The zero-order valence-corrected chi connectivity index (χ0v) is 14.6. The van der Waals surface area contributed by atoms with Crippen LogP contribution in [0.3, 0.4) is 0 Å². The average Bonchev–Trinajstić information content (AvgIpc) is 2.29. The van der Waals surface area contributed by atoms with Crippen LogP contribution in [0.1, 0.15) is 60.3 Å². The van der Waals surface area contributed by atoms with Crippen molar-refractivity contribution in [1.29, 1.82) is 0 Å². The Morgan fingerprint density at radius 2 is 1.75 bits per heavy atom. The van der Waals surface area contributed by atoms with Crippen molar-refractivity contribution in [1.82, 2.24) is 4.31 Å². The minimum absolute atomic E-state index is 0.186. The molecule has 0 bridgehead atoms. The Kier molecular flexibility index (Phi) is 5.67. The van der Waals surface area contributed by atoms with Crippen molar-refractivity contribution in [2.24, 2.45) is 17.1 Å². The zero-order chi connectivity index (χ0) is 15.6. The normalized spacial score (nSPS) is 28.9. The quantitative estimate of drug-likeness (QED) is 0.849. The number of likely N-dealkylation sites (N-methyl/N-ethyl adjacent to an activating group) is 1. The molecule has 1 rings (SSSR count). The van der Waals surface area contributed by atoms with E-state index in [2.05, 4.69) is 6.92 Å². The summed E-state index contributed by atoms with van der Waals surface area (Å²) in [5.74, 6) is 0.865. The van der Waals surface area contributed by atoms with Gasteiger partial charge in [-0.25, -0.2) is 8.42 Å². The van der Waals surface area contributed by atoms with Gasteiger partial charge in [0, 0.05) is 18.6 Å². The smallest absolute Gasteiger partial charge is 0.215 e. The van der Waals surface area contributed by atoms with E-state index in [1.54, 1.807) is 4.31 Å². The standard InChI is InChI=1S/C15H32N2O2S/c1-6-17(20(18,19)12-14(3,4)5)15(11-16)9-7-13(2)8-10-15/h13H,6-12,16H2,1-5H3. The topological polar surface area (TPSA) is 63.4 Å². The van der Waals surface area contributed by atoms with Crippen molar-refractivity contribution in [3.63, 3.8) is 0 Å². The lowest BCUT2D eigenvalue weighted by molar-refractivity contribution is 0.119. The van der Waals surface area contributed by atoms with Gasteiger partial charge in [-0.1, -0.05) is 34.6 Å². The Hall–Kier alpha value is -0.130. The van der Waals surface area contributed by atoms with Crippen molar-refractivity contribution >= 4 is 10.0 Å². The zero-order valence-electron chi connectivity index (χ0n) is 13.8. The number of sulfonamides is 1. The summed E-state index contributed by atoms with van der Waals surface area (Å²) < 4.78 is 27.3. The van der Waals surface area contributed by atoms with Gasteiger partial charge in [0.25, 0.3) is 0 Å². The van der Waals surface area contributed by atoms with E-state index in [9.17, 15) is 8.42 Å². The molecule has 2 N–H and O–H groups in total. The fraction of sp³-hybridized carbons (Fsp3) is 1.00. The molecule has 1 aliphatic carbocycles. The maximum Gasteiger partial charge on any atom is 0.215 e. The molecule has 0 unspecified atom stereocenters. The SMILES string of the molecule is CCN(C1(CN)CCC(C)CC1)S(=O)(=O)CC(C)(C)C. The fourth-order valence-corrected chi connectivity index (χ4v) is 5.80. The van der Waals surface area contributed by atoms with E-state index in [0.717, 1.165) is 25.7 Å². The molecule has 0 atom stereocenters. The third-order valence-electron chi connectivity index (χ3n) is 4.35. The van der Waals surface area contributed by atoms with Crippen molar-refractivity contribution < 1.29 is 8.42 Å². The Labute approximate surface area is 125 Å². The molecule has 20 heavy (non-hydrogen) atoms. The predicted octanol–water partition coefficient (Wildman–Crippen LogP) is 2.59. The molecule has 0 radical (unpaired) electrons. The highest BCUT2D eigenvalue weighted by molar-refractivity contribution is 7.89. The van der Waals surface area contributed by atoms with Crippen LogP contribution in [0.5, 0.6) is 0 Å². The Morgan fingerprint density at radius 1 is 1.25 bits per heavy atom. The Balaban J connectivity index is 3.04. The van der Waals surface area contributed by atoms with Crippen molar-refractivity contribution in [3.05, 3.63) is 0 Å². The fourth-order valence-electron chi connectivity index (χ4n) is 3.31. The molecule has 0 saturated heterocycles. The molecule has 0 spiro atoms. The highest BCUT2D eigenvalue weighted by atomic mass is 32.2. The summed E-state index contributed by atoms with van der Waals surface area (Å²) in [6.07, 6.45) is 3.92. The first kappa shape index (κ1) is 17.9. The summed E-state index contributed by atoms with van der Waals surface area (Å²) in [6, 6.07) is 0. The van der Waals surface area contributed by atoms with Crippen LogP contribution in [0, 0.1) is 11.3 Å². The molecule has 0 aromatic carbocycles. The second-order valence-corrected chi connectivity index (χ2v) is 9.49. The number of hydrogen-bond acceptors (Lipinski definition) is 3. The molecule has 0 heterocycles. The first-order chi connectivity index (χ1) is 9.06. The van der Waals surface area contributed by atoms with Crippen LogP contribution < -0.4 is 5.73 Å². The molecular formula is C15H32N2O2S. The number of hydrogen-bond donors (Lipinski definition) is 1. The van der Waals surface area contributed by atoms with Gasteiger partial charge in [0.05, 0.1) is 5.75 Å². The predicted molar refractivity (Wildman–Crippen MR) is 85.0 cm³/mol. The highest BCUT2D eigenvalue weighted by Crippen LogP contribution is 2.38. The first-order valence-electron chi connectivity index (χ1n) is 7.77. The van der Waals surface area contributed by atoms with Gasteiger partial charge in [-0.15, -0.1) is 0 Å². The van der Waals surface area contributed by atoms with Crippen LogP contribution in [0.15, 0.2) is 0 Å². The summed E-state index contributed by atoms with van der Waals surface area (Å²) >= 11 is 0. The maximum atomic E-state index is 12.8. The molecule has 4 nitrogen and oxygen atoms in total. The molecule has 0 aromatic heterocycles. The molecule has 0 amide bonds. The monoisotopic (exact) mass is 304 g/mol. The largest absolute Gasteiger partial charge is 0.329 e. The van der Waals surface area contributed by atoms with Crippen molar-refractivity contribution in [2.75, 3.05) is 18.8 Å². The van der Waals surface area contributed by atoms with Crippen LogP contribution in [-0.4, -0.2) is 37.1 Å². The van der Waals surface area contributed by atoms with Crippen LogP contribution in [0.4, 0.5) is 0 Å². The Bertz CT molecular complexity index is 404. The highest BCUT2D eigenvalue weighted by Gasteiger charge is 2.44. The van der Waals surface area contributed by atoms with Gasteiger partial charge in [0.1, 0.15) is 0 Å². The van der Waals surface area contributed by atoms with E-state index in [1.165, 1.54) is 0 Å². The third kappa shape index (κ3) is 4.18. The van der Waals surface area contributed by atoms with Crippen molar-refractivity contribution in [3.8, 4) is 0 Å². The van der Waals surface area contributed by atoms with E-state index in [-0.39, 0.29) is 16.7 Å². The van der Waals surface area contributed by atoms with Gasteiger partial charge < -0.3 is 5.73 Å². The lowest BCUT2D eigenvalue weighted by atomic mass is 9.77. The molecule has 0 aliphatic heterocycles. The summed E-state index contributed by atoms with van der Waals surface area (Å²) in [5, 5.41) is 0. The second kappa shape index (κ2) is 6.32. The number of nitrogens with two attached hydrogens (primary N) is 1. The molecule has 1 saturated carbocycles. The summed E-state index contributed by atoms with van der Waals surface area (Å²) in [5.41, 5.74) is 5.43. The molecule has 0 aromatic rings. The molecule has 120 valence electrons. The van der Waals surface area contributed by atoms with Gasteiger partial charge in [0.2, 0.25) is 10.0 Å². The minimum atomic E-state index is -3.26. The maximum absolute atomic E-state index is 12.8. The third-order valence-corrected chi connectivity index (χ3v) is 6.90. The number of rotatable bonds is 5. The molecular weight excluding hydrogens is 272 g/mol. The van der Waals surface area contributed by atoms with E-state index in [1.807, 2.05) is 27.7 Å². The lowest BCUT2D eigenvalue weighted by Gasteiger charge is -2.46. The van der Waals surface area contributed by atoms with Crippen molar-refractivity contribution in [2.45, 2.75) is 65.8 Å². The number of nitrogens with zero attached hydrogens (tertiary/aromatic N) is 1. The van der Waals surface area contributed by atoms with Gasteiger partial charge >= 0.3 is 0 Å². The summed E-state index contributed by atoms with van der Waals surface area (Å²) in [7, 11) is -3.26. The first-order valence-corrected chi connectivity index (χ1v) is 9.38. The second-order valence-electron chi connectivity index (χ2n) is 7.59. The van der Waals surface area contributed by atoms with E-state index >= 15 is 0 Å². The van der Waals surface area contributed by atoms with Crippen LogP contribution in [-0.2, 0) is 10.0 Å². The van der Waals surface area contributed by atoms with Crippen LogP contribution >= 0.6 is 0 Å². The van der Waals surface area contributed by atoms with Gasteiger partial charge in [0.15, 0.2) is 0 Å². The summed E-state index contributed by atoms with van der Waals surface area (Å²) in [4.78, 5) is 0. The van der Waals surface area contributed by atoms with Crippen LogP contribution in [0.25, 0.3) is 0 Å². The van der Waals surface area contributed by atoms with Gasteiger partial charge in [-0.2, -0.15) is 4.31 Å². The molecule has 1 aliphatic rings. The summed E-state index contributed by atoms with van der Waals surface area (Å²) in [6.45, 7) is 11.0. The lowest BCUT2D eigenvalue weighted by Crippen LogP contribution is -2.58. The van der Waals surface area contributed by atoms with E-state index in [0.29, 0.717) is 19.0 Å². The Morgan fingerprint density at radius 3 is 2.10 bits per heavy atom. The van der Waals surface area contributed by atoms with Crippen LogP contribution in [0.2, 0.25) is 0 Å². The average molecular weight is 305 g/mol. The van der Waals surface area contributed by atoms with E-state index in [4.69, 9.17) is 5.73 Å².